The number of rotatable bonds is 5. The Morgan fingerprint density at radius 1 is 1.24 bits per heavy atom. The zero-order valence-corrected chi connectivity index (χ0v) is 19.9. The normalized spacial score (nSPS) is 12.7. The van der Waals surface area contributed by atoms with E-state index < -0.39 is 17.3 Å². The summed E-state index contributed by atoms with van der Waals surface area (Å²) >= 11 is 1.98. The van der Waals surface area contributed by atoms with Gasteiger partial charge in [0.1, 0.15) is 22.9 Å². The maximum Gasteiger partial charge on any atom is 0.258 e. The van der Waals surface area contributed by atoms with Crippen LogP contribution in [0.25, 0.3) is 0 Å². The van der Waals surface area contributed by atoms with Crippen molar-refractivity contribution in [3.05, 3.63) is 72.8 Å². The van der Waals surface area contributed by atoms with E-state index in [1.165, 1.54) is 30.7 Å². The van der Waals surface area contributed by atoms with Crippen LogP contribution in [0, 0.1) is 16.3 Å². The molecule has 0 saturated carbocycles. The van der Waals surface area contributed by atoms with Gasteiger partial charge in [0.25, 0.3) is 11.5 Å². The van der Waals surface area contributed by atoms with Gasteiger partial charge in [-0.15, -0.1) is 0 Å². The molecule has 2 heterocycles. The molecule has 4 rings (SSSR count). The Labute approximate surface area is 202 Å². The van der Waals surface area contributed by atoms with E-state index in [-0.39, 0.29) is 40.7 Å². The molecule has 3 aromatic rings. The molecule has 1 aliphatic heterocycles. The number of pyridine rings is 1. The molecule has 33 heavy (non-hydrogen) atoms. The average molecular weight is 562 g/mol. The van der Waals surface area contributed by atoms with Crippen LogP contribution >= 0.6 is 22.6 Å². The predicted octanol–water partition coefficient (Wildman–Crippen LogP) is 3.96. The van der Waals surface area contributed by atoms with E-state index in [4.69, 9.17) is 10.5 Å². The van der Waals surface area contributed by atoms with Gasteiger partial charge >= 0.3 is 0 Å². The maximum absolute atomic E-state index is 14.5. The highest BCUT2D eigenvalue weighted by atomic mass is 127. The number of nitrogens with two attached hydrogens (primary N) is 1. The van der Waals surface area contributed by atoms with E-state index in [0.717, 1.165) is 5.56 Å². The number of fused-ring (bicyclic) bond motifs is 1. The quantitative estimate of drug-likeness (QED) is 0.408. The summed E-state index contributed by atoms with van der Waals surface area (Å²) in [4.78, 5) is 37.3. The molecule has 170 valence electrons. The van der Waals surface area contributed by atoms with E-state index in [1.54, 1.807) is 24.3 Å². The predicted molar refractivity (Wildman–Crippen MR) is 131 cm³/mol. The Morgan fingerprint density at radius 3 is 2.70 bits per heavy atom. The van der Waals surface area contributed by atoms with Crippen LogP contribution in [0.2, 0.25) is 0 Å². The maximum atomic E-state index is 14.5. The first-order chi connectivity index (χ1) is 15.7. The fourth-order valence-electron chi connectivity index (χ4n) is 3.73. The minimum Gasteiger partial charge on any atom is -0.456 e. The molecule has 0 unspecified atom stereocenters. The fourth-order valence-corrected chi connectivity index (χ4v) is 4.18. The van der Waals surface area contributed by atoms with Crippen LogP contribution in [0.15, 0.2) is 41.2 Å². The summed E-state index contributed by atoms with van der Waals surface area (Å²) in [6, 6.07) is 9.63. The third-order valence-electron chi connectivity index (χ3n) is 5.42. The van der Waals surface area contributed by atoms with Crippen LogP contribution in [0.4, 0.5) is 21.6 Å². The van der Waals surface area contributed by atoms with Gasteiger partial charge in [0.05, 0.1) is 11.3 Å². The largest absolute Gasteiger partial charge is 0.456 e. The number of halogens is 2. The van der Waals surface area contributed by atoms with Crippen LogP contribution in [0.3, 0.4) is 0 Å². The molecule has 0 aliphatic carbocycles. The fraction of sp³-hybridized carbons (Fsp3) is 0.174. The van der Waals surface area contributed by atoms with Gasteiger partial charge < -0.3 is 21.1 Å². The number of ether oxygens (including phenoxy) is 1. The molecule has 0 fully saturated rings. The molecule has 1 aliphatic rings. The number of aromatic nitrogens is 1. The zero-order valence-electron chi connectivity index (χ0n) is 17.8. The van der Waals surface area contributed by atoms with E-state index in [1.807, 2.05) is 22.6 Å². The Bertz CT molecular complexity index is 1370. The summed E-state index contributed by atoms with van der Waals surface area (Å²) in [7, 11) is 1.46. The summed E-state index contributed by atoms with van der Waals surface area (Å²) in [5.41, 5.74) is 6.75. The number of carbonyl (C=O) groups is 2. The number of benzene rings is 2. The highest BCUT2D eigenvalue weighted by Crippen LogP contribution is 2.38. The Kier molecular flexibility index (Phi) is 6.11. The highest BCUT2D eigenvalue weighted by Gasteiger charge is 2.26. The molecule has 0 bridgehead atoms. The smallest absolute Gasteiger partial charge is 0.258 e. The molecular formula is C23H20FIN4O4. The summed E-state index contributed by atoms with van der Waals surface area (Å²) in [6.07, 6.45) is 0.719. The molecule has 0 atom stereocenters. The molecule has 2 aromatic carbocycles. The van der Waals surface area contributed by atoms with Gasteiger partial charge in [0.2, 0.25) is 5.91 Å². The molecule has 10 heteroatoms. The molecule has 1 aromatic heterocycles. The van der Waals surface area contributed by atoms with Gasteiger partial charge in [-0.1, -0.05) is 6.07 Å². The molecule has 0 radical (unpaired) electrons. The number of amides is 2. The lowest BCUT2D eigenvalue weighted by Crippen LogP contribution is -2.28. The van der Waals surface area contributed by atoms with Crippen molar-refractivity contribution < 1.29 is 18.7 Å². The van der Waals surface area contributed by atoms with E-state index in [2.05, 4.69) is 10.6 Å². The number of hydrogen-bond donors (Lipinski definition) is 3. The molecule has 2 amide bonds. The van der Waals surface area contributed by atoms with Gasteiger partial charge in [-0.2, -0.15) is 0 Å². The van der Waals surface area contributed by atoms with Crippen molar-refractivity contribution in [3.8, 4) is 11.5 Å². The van der Waals surface area contributed by atoms with Crippen LogP contribution in [0.5, 0.6) is 11.5 Å². The van der Waals surface area contributed by atoms with Crippen molar-refractivity contribution in [2.24, 2.45) is 12.8 Å². The van der Waals surface area contributed by atoms with Crippen LogP contribution in [-0.4, -0.2) is 16.4 Å². The summed E-state index contributed by atoms with van der Waals surface area (Å²) in [5, 5.41) is 5.61. The van der Waals surface area contributed by atoms with Crippen molar-refractivity contribution in [2.75, 3.05) is 10.6 Å². The number of hydrogen-bond acceptors (Lipinski definition) is 5. The lowest BCUT2D eigenvalue weighted by atomic mass is 10.0. The highest BCUT2D eigenvalue weighted by molar-refractivity contribution is 14.1. The number of primary amides is 1. The molecule has 0 saturated heterocycles. The third-order valence-corrected chi connectivity index (χ3v) is 6.09. The Balaban J connectivity index is 1.88. The van der Waals surface area contributed by atoms with Crippen LogP contribution < -0.4 is 26.7 Å². The van der Waals surface area contributed by atoms with E-state index >= 15 is 0 Å². The summed E-state index contributed by atoms with van der Waals surface area (Å²) in [5.74, 6) is -1.14. The van der Waals surface area contributed by atoms with E-state index in [0.29, 0.717) is 21.4 Å². The Hall–Kier alpha value is -3.41. The minimum absolute atomic E-state index is 0.00584. The third kappa shape index (κ3) is 4.30. The SMILES string of the molecule is Cc1c(Oc2cccc3c2CCC(=O)N3)c(C(N)=O)c(Nc2ccc(I)cc2F)n(C)c1=O. The lowest BCUT2D eigenvalue weighted by Gasteiger charge is -2.23. The molecule has 0 spiro atoms. The second-order valence-corrected chi connectivity index (χ2v) is 8.83. The molecule has 8 nitrogen and oxygen atoms in total. The standard InChI is InChI=1S/C23H20FIN4O4/c1-11-20(33-17-5-3-4-15-13(17)7-9-18(30)27-15)19(21(26)31)22(29(2)23(11)32)28-16-8-6-12(25)10-14(16)24/h3-6,8,10,28H,7,9H2,1-2H3,(H2,26,31)(H,27,30). The van der Waals surface area contributed by atoms with Gasteiger partial charge in [-0.05, 0) is 66.3 Å². The zero-order chi connectivity index (χ0) is 23.9. The first-order valence-electron chi connectivity index (χ1n) is 10.0. The first kappa shape index (κ1) is 22.8. The Morgan fingerprint density at radius 2 is 2.00 bits per heavy atom. The monoisotopic (exact) mass is 562 g/mol. The van der Waals surface area contributed by atoms with Crippen molar-refractivity contribution >= 4 is 51.6 Å². The molecule has 4 N–H and O–H groups in total. The minimum atomic E-state index is -0.852. The number of nitrogens with one attached hydrogen (secondary N) is 2. The lowest BCUT2D eigenvalue weighted by molar-refractivity contribution is -0.116. The summed E-state index contributed by atoms with van der Waals surface area (Å²) in [6.45, 7) is 1.52. The van der Waals surface area contributed by atoms with Crippen molar-refractivity contribution in [1.82, 2.24) is 4.57 Å². The number of anilines is 3. The van der Waals surface area contributed by atoms with Gasteiger partial charge in [-0.25, -0.2) is 4.39 Å². The van der Waals surface area contributed by atoms with Crippen LogP contribution in [0.1, 0.15) is 27.9 Å². The second-order valence-electron chi connectivity index (χ2n) is 7.59. The molecular weight excluding hydrogens is 542 g/mol. The van der Waals surface area contributed by atoms with Crippen molar-refractivity contribution in [1.29, 1.82) is 0 Å². The van der Waals surface area contributed by atoms with E-state index in [9.17, 15) is 18.8 Å². The van der Waals surface area contributed by atoms with Gasteiger partial charge in [-0.3, -0.25) is 19.0 Å². The number of nitrogens with zero attached hydrogens (tertiary/aromatic N) is 1. The van der Waals surface area contributed by atoms with Gasteiger partial charge in [0, 0.05) is 28.3 Å². The first-order valence-corrected chi connectivity index (χ1v) is 11.1. The van der Waals surface area contributed by atoms with Crippen molar-refractivity contribution in [2.45, 2.75) is 19.8 Å². The van der Waals surface area contributed by atoms with Crippen molar-refractivity contribution in [3.63, 3.8) is 0 Å². The second kappa shape index (κ2) is 8.85. The number of carbonyl (C=O) groups excluding carboxylic acids is 2. The topological polar surface area (TPSA) is 115 Å². The average Bonchev–Trinajstić information content (AvgIpc) is 2.76. The summed E-state index contributed by atoms with van der Waals surface area (Å²) < 4.78 is 22.5. The van der Waals surface area contributed by atoms with Gasteiger partial charge in [0.15, 0.2) is 5.75 Å². The van der Waals surface area contributed by atoms with Crippen LogP contribution in [-0.2, 0) is 18.3 Å².